The van der Waals surface area contributed by atoms with Crippen molar-refractivity contribution in [2.24, 2.45) is 0 Å². The second kappa shape index (κ2) is 10.2. The Morgan fingerprint density at radius 1 is 0.929 bits per heavy atom. The van der Waals surface area contributed by atoms with Crippen LogP contribution in [0.3, 0.4) is 0 Å². The summed E-state index contributed by atoms with van der Waals surface area (Å²) in [5.74, 6) is -0.0102. The largest absolute Gasteiger partial charge is 0.493 e. The van der Waals surface area contributed by atoms with Crippen molar-refractivity contribution in [3.05, 3.63) is 53.6 Å². The summed E-state index contributed by atoms with van der Waals surface area (Å²) in [4.78, 5) is 25.3. The van der Waals surface area contributed by atoms with Gasteiger partial charge >= 0.3 is 5.97 Å². The first-order chi connectivity index (χ1) is 13.5. The van der Waals surface area contributed by atoms with Gasteiger partial charge in [-0.1, -0.05) is 30.3 Å². The quantitative estimate of drug-likeness (QED) is 0.674. The Hall–Kier alpha value is -3.22. The molecule has 0 bridgehead atoms. The van der Waals surface area contributed by atoms with Crippen molar-refractivity contribution < 1.29 is 28.9 Å². The van der Waals surface area contributed by atoms with Crippen molar-refractivity contribution in [2.75, 3.05) is 34.4 Å². The molecule has 0 unspecified atom stereocenters. The molecule has 0 fully saturated rings. The summed E-state index contributed by atoms with van der Waals surface area (Å²) in [5, 5.41) is 9.18. The molecule has 7 heteroatoms. The summed E-state index contributed by atoms with van der Waals surface area (Å²) in [6.45, 7) is -0.0321. The molecule has 0 aliphatic carbocycles. The van der Waals surface area contributed by atoms with E-state index < -0.39 is 5.97 Å². The number of rotatable bonds is 10. The molecule has 28 heavy (non-hydrogen) atoms. The Labute approximate surface area is 164 Å². The van der Waals surface area contributed by atoms with Crippen molar-refractivity contribution in [3.63, 3.8) is 0 Å². The normalized spacial score (nSPS) is 10.2. The van der Waals surface area contributed by atoms with Crippen LogP contribution in [0.15, 0.2) is 42.5 Å². The minimum Gasteiger partial charge on any atom is -0.493 e. The molecule has 0 saturated heterocycles. The molecule has 0 aliphatic heterocycles. The summed E-state index contributed by atoms with van der Waals surface area (Å²) >= 11 is 0. The zero-order valence-corrected chi connectivity index (χ0v) is 16.3. The highest BCUT2D eigenvalue weighted by Crippen LogP contribution is 2.38. The van der Waals surface area contributed by atoms with Gasteiger partial charge in [-0.05, 0) is 29.7 Å². The summed E-state index contributed by atoms with van der Waals surface area (Å²) in [6.07, 6.45) is 0.605. The van der Waals surface area contributed by atoms with Gasteiger partial charge in [0.15, 0.2) is 11.5 Å². The summed E-state index contributed by atoms with van der Waals surface area (Å²) in [6, 6.07) is 13.0. The van der Waals surface area contributed by atoms with E-state index >= 15 is 0 Å². The number of benzene rings is 2. The maximum absolute atomic E-state index is 12.8. The van der Waals surface area contributed by atoms with E-state index in [9.17, 15) is 14.7 Å². The molecule has 0 atom stereocenters. The first-order valence-corrected chi connectivity index (χ1v) is 8.80. The van der Waals surface area contributed by atoms with E-state index in [0.29, 0.717) is 35.8 Å². The molecule has 7 nitrogen and oxygen atoms in total. The zero-order chi connectivity index (χ0) is 20.5. The van der Waals surface area contributed by atoms with Gasteiger partial charge in [-0.25, -0.2) is 0 Å². The molecule has 1 amide bonds. The third-order valence-electron chi connectivity index (χ3n) is 4.27. The van der Waals surface area contributed by atoms with Crippen LogP contribution in [0.4, 0.5) is 0 Å². The lowest BCUT2D eigenvalue weighted by Gasteiger charge is -2.21. The van der Waals surface area contributed by atoms with Gasteiger partial charge in [0.05, 0.1) is 27.8 Å². The van der Waals surface area contributed by atoms with E-state index in [1.165, 1.54) is 26.2 Å². The molecule has 0 spiro atoms. The van der Waals surface area contributed by atoms with Crippen molar-refractivity contribution >= 4 is 11.9 Å². The van der Waals surface area contributed by atoms with Crippen LogP contribution in [0, 0.1) is 0 Å². The van der Waals surface area contributed by atoms with Crippen LogP contribution in [-0.4, -0.2) is 56.3 Å². The lowest BCUT2D eigenvalue weighted by atomic mass is 10.1. The minimum atomic E-state index is -1.05. The average Bonchev–Trinajstić information content (AvgIpc) is 2.70. The predicted octanol–water partition coefficient (Wildman–Crippen LogP) is 2.41. The van der Waals surface area contributed by atoms with Gasteiger partial charge in [-0.2, -0.15) is 0 Å². The van der Waals surface area contributed by atoms with Gasteiger partial charge < -0.3 is 24.2 Å². The predicted molar refractivity (Wildman–Crippen MR) is 104 cm³/mol. The highest BCUT2D eigenvalue weighted by molar-refractivity contribution is 5.83. The van der Waals surface area contributed by atoms with Crippen LogP contribution in [0.1, 0.15) is 11.1 Å². The van der Waals surface area contributed by atoms with Crippen LogP contribution >= 0.6 is 0 Å². The maximum Gasteiger partial charge on any atom is 0.323 e. The molecule has 2 rings (SSSR count). The molecular formula is C21H25NO6. The molecule has 0 aromatic heterocycles. The van der Waals surface area contributed by atoms with E-state index in [1.54, 1.807) is 12.1 Å². The molecular weight excluding hydrogens is 362 g/mol. The fraction of sp³-hybridized carbons (Fsp3) is 0.333. The Bertz CT molecular complexity index is 781. The molecule has 1 N–H and O–H groups in total. The monoisotopic (exact) mass is 387 g/mol. The number of methoxy groups -OCH3 is 3. The highest BCUT2D eigenvalue weighted by atomic mass is 16.5. The fourth-order valence-corrected chi connectivity index (χ4v) is 2.89. The van der Waals surface area contributed by atoms with Gasteiger partial charge in [0.1, 0.15) is 6.54 Å². The maximum atomic E-state index is 12.8. The number of carbonyl (C=O) groups excluding carboxylic acids is 1. The van der Waals surface area contributed by atoms with Gasteiger partial charge in [0.25, 0.3) is 0 Å². The number of nitrogens with zero attached hydrogens (tertiary/aromatic N) is 1. The molecule has 0 heterocycles. The van der Waals surface area contributed by atoms with Crippen LogP contribution in [0.5, 0.6) is 17.2 Å². The van der Waals surface area contributed by atoms with Crippen LogP contribution in [-0.2, 0) is 22.4 Å². The molecule has 150 valence electrons. The van der Waals surface area contributed by atoms with E-state index in [-0.39, 0.29) is 18.9 Å². The first-order valence-electron chi connectivity index (χ1n) is 8.80. The standard InChI is InChI=1S/C21H25NO6/c1-26-17-11-16(12-18(27-2)21(17)28-3)13-19(23)22(14-20(24)25)10-9-15-7-5-4-6-8-15/h4-8,11-12H,9-10,13-14H2,1-3H3,(H,24,25). The Morgan fingerprint density at radius 3 is 2.04 bits per heavy atom. The van der Waals surface area contributed by atoms with Crippen molar-refractivity contribution in [1.82, 2.24) is 4.90 Å². The van der Waals surface area contributed by atoms with Gasteiger partial charge in [-0.3, -0.25) is 9.59 Å². The number of carboxylic acid groups (broad SMARTS) is 1. The lowest BCUT2D eigenvalue weighted by molar-refractivity contribution is -0.144. The smallest absolute Gasteiger partial charge is 0.323 e. The van der Waals surface area contributed by atoms with Crippen molar-refractivity contribution in [2.45, 2.75) is 12.8 Å². The number of amides is 1. The van der Waals surface area contributed by atoms with E-state index in [2.05, 4.69) is 0 Å². The Balaban J connectivity index is 2.16. The highest BCUT2D eigenvalue weighted by Gasteiger charge is 2.20. The summed E-state index contributed by atoms with van der Waals surface area (Å²) in [5.41, 5.74) is 1.69. The molecule has 2 aromatic rings. The second-order valence-corrected chi connectivity index (χ2v) is 6.15. The number of hydrogen-bond acceptors (Lipinski definition) is 5. The Morgan fingerprint density at radius 2 is 1.54 bits per heavy atom. The molecule has 2 aromatic carbocycles. The van der Waals surface area contributed by atoms with Gasteiger partial charge in [0.2, 0.25) is 11.7 Å². The fourth-order valence-electron chi connectivity index (χ4n) is 2.89. The van der Waals surface area contributed by atoms with E-state index in [1.807, 2.05) is 30.3 Å². The van der Waals surface area contributed by atoms with Crippen LogP contribution in [0.25, 0.3) is 0 Å². The second-order valence-electron chi connectivity index (χ2n) is 6.15. The van der Waals surface area contributed by atoms with E-state index in [0.717, 1.165) is 5.56 Å². The number of carboxylic acids is 1. The lowest BCUT2D eigenvalue weighted by Crippen LogP contribution is -2.38. The van der Waals surface area contributed by atoms with Crippen LogP contribution < -0.4 is 14.2 Å². The Kier molecular flexibility index (Phi) is 7.68. The minimum absolute atomic E-state index is 0.0266. The molecule has 0 radical (unpaired) electrons. The topological polar surface area (TPSA) is 85.3 Å². The summed E-state index contributed by atoms with van der Waals surface area (Å²) < 4.78 is 15.9. The average molecular weight is 387 g/mol. The van der Waals surface area contributed by atoms with Gasteiger partial charge in [0, 0.05) is 6.54 Å². The van der Waals surface area contributed by atoms with Crippen molar-refractivity contribution in [3.8, 4) is 17.2 Å². The first kappa shape index (κ1) is 21.1. The summed E-state index contributed by atoms with van der Waals surface area (Å²) in [7, 11) is 4.50. The van der Waals surface area contributed by atoms with Crippen LogP contribution in [0.2, 0.25) is 0 Å². The molecule has 0 aliphatic rings. The number of ether oxygens (including phenoxy) is 3. The number of aliphatic carboxylic acids is 1. The third kappa shape index (κ3) is 5.64. The SMILES string of the molecule is COc1cc(CC(=O)N(CCc2ccccc2)CC(=O)O)cc(OC)c1OC. The van der Waals surface area contributed by atoms with E-state index in [4.69, 9.17) is 14.2 Å². The number of hydrogen-bond donors (Lipinski definition) is 1. The van der Waals surface area contributed by atoms with Gasteiger partial charge in [-0.15, -0.1) is 0 Å². The zero-order valence-electron chi connectivity index (χ0n) is 16.3. The number of carbonyl (C=O) groups is 2. The third-order valence-corrected chi connectivity index (χ3v) is 4.27. The molecule has 0 saturated carbocycles. The van der Waals surface area contributed by atoms with Crippen molar-refractivity contribution in [1.29, 1.82) is 0 Å².